The van der Waals surface area contributed by atoms with Crippen molar-refractivity contribution in [1.82, 2.24) is 14.8 Å². The van der Waals surface area contributed by atoms with Gasteiger partial charge in [-0.15, -0.1) is 11.8 Å². The Morgan fingerprint density at radius 2 is 2.32 bits per heavy atom. The molecular weight excluding hydrogens is 280 g/mol. The molecule has 1 unspecified atom stereocenters. The zero-order valence-corrected chi connectivity index (χ0v) is 12.4. The van der Waals surface area contributed by atoms with Crippen LogP contribution in [-0.2, 0) is 13.0 Å². The second-order valence-corrected chi connectivity index (χ2v) is 5.75. The smallest absolute Gasteiger partial charge is 0.138 e. The highest BCUT2D eigenvalue weighted by atomic mass is 35.5. The SMILES string of the molecule is CCn1ncnc1CC(N)CSc1cccc(Cl)c1. The summed E-state index contributed by atoms with van der Waals surface area (Å²) in [7, 11) is 0. The minimum atomic E-state index is 0.0541. The molecule has 0 aliphatic carbocycles. The first-order valence-corrected chi connectivity index (χ1v) is 7.56. The number of halogens is 1. The first-order valence-electron chi connectivity index (χ1n) is 6.19. The van der Waals surface area contributed by atoms with E-state index in [2.05, 4.69) is 10.1 Å². The van der Waals surface area contributed by atoms with E-state index in [1.54, 1.807) is 18.1 Å². The summed E-state index contributed by atoms with van der Waals surface area (Å²) in [5, 5.41) is 4.90. The van der Waals surface area contributed by atoms with Gasteiger partial charge in [0.25, 0.3) is 0 Å². The van der Waals surface area contributed by atoms with Crippen molar-refractivity contribution in [2.75, 3.05) is 5.75 Å². The van der Waals surface area contributed by atoms with Gasteiger partial charge in [-0.05, 0) is 25.1 Å². The Balaban J connectivity index is 1.86. The van der Waals surface area contributed by atoms with Gasteiger partial charge in [0.15, 0.2) is 0 Å². The Kier molecular flexibility index (Phi) is 5.24. The molecule has 1 aromatic heterocycles. The summed E-state index contributed by atoms with van der Waals surface area (Å²) in [5.41, 5.74) is 6.14. The van der Waals surface area contributed by atoms with E-state index in [-0.39, 0.29) is 6.04 Å². The molecule has 0 bridgehead atoms. The number of nitrogens with zero attached hydrogens (tertiary/aromatic N) is 3. The average molecular weight is 297 g/mol. The van der Waals surface area contributed by atoms with Gasteiger partial charge in [0.2, 0.25) is 0 Å². The topological polar surface area (TPSA) is 56.7 Å². The first-order chi connectivity index (χ1) is 9.19. The molecule has 1 atom stereocenters. The van der Waals surface area contributed by atoms with Gasteiger partial charge in [-0.2, -0.15) is 5.10 Å². The van der Waals surface area contributed by atoms with Crippen LogP contribution in [-0.4, -0.2) is 26.6 Å². The second-order valence-electron chi connectivity index (χ2n) is 4.22. The van der Waals surface area contributed by atoms with Crippen molar-refractivity contribution in [3.63, 3.8) is 0 Å². The van der Waals surface area contributed by atoms with Crippen LogP contribution in [0.25, 0.3) is 0 Å². The molecule has 0 amide bonds. The van der Waals surface area contributed by atoms with Crippen molar-refractivity contribution >= 4 is 23.4 Å². The number of benzene rings is 1. The maximum absolute atomic E-state index is 6.14. The standard InChI is InChI=1S/C13H17ClN4S/c1-2-18-13(16-9-17-18)7-11(15)8-19-12-5-3-4-10(14)6-12/h3-6,9,11H,2,7-8,15H2,1H3. The van der Waals surface area contributed by atoms with Gasteiger partial charge < -0.3 is 5.73 Å². The van der Waals surface area contributed by atoms with Gasteiger partial charge in [-0.25, -0.2) is 4.98 Å². The number of aryl methyl sites for hydroxylation is 1. The molecule has 0 fully saturated rings. The van der Waals surface area contributed by atoms with Gasteiger partial charge in [0.1, 0.15) is 12.2 Å². The fraction of sp³-hybridized carbons (Fsp3) is 0.385. The van der Waals surface area contributed by atoms with Crippen LogP contribution in [0.5, 0.6) is 0 Å². The Hall–Kier alpha value is -1.04. The quantitative estimate of drug-likeness (QED) is 0.833. The summed E-state index contributed by atoms with van der Waals surface area (Å²) in [4.78, 5) is 5.38. The Morgan fingerprint density at radius 1 is 1.47 bits per heavy atom. The molecule has 19 heavy (non-hydrogen) atoms. The highest BCUT2D eigenvalue weighted by Gasteiger charge is 2.10. The van der Waals surface area contributed by atoms with Crippen LogP contribution in [0.3, 0.4) is 0 Å². The zero-order valence-electron chi connectivity index (χ0n) is 10.8. The minimum absolute atomic E-state index is 0.0541. The number of aromatic nitrogens is 3. The molecule has 4 nitrogen and oxygen atoms in total. The number of rotatable bonds is 6. The van der Waals surface area contributed by atoms with Crippen LogP contribution in [0.2, 0.25) is 5.02 Å². The Labute approximate surface area is 122 Å². The lowest BCUT2D eigenvalue weighted by Gasteiger charge is -2.11. The first kappa shape index (κ1) is 14.4. The van der Waals surface area contributed by atoms with Crippen LogP contribution in [0.15, 0.2) is 35.5 Å². The summed E-state index contributed by atoms with van der Waals surface area (Å²) in [6, 6.07) is 7.86. The molecule has 2 rings (SSSR count). The van der Waals surface area contributed by atoms with Crippen molar-refractivity contribution in [2.45, 2.75) is 30.8 Å². The van der Waals surface area contributed by atoms with E-state index in [9.17, 15) is 0 Å². The second kappa shape index (κ2) is 6.93. The molecule has 0 aliphatic heterocycles. The van der Waals surface area contributed by atoms with Crippen LogP contribution < -0.4 is 5.73 Å². The van der Waals surface area contributed by atoms with E-state index < -0.39 is 0 Å². The molecule has 0 saturated heterocycles. The predicted molar refractivity (Wildman–Crippen MR) is 79.6 cm³/mol. The maximum Gasteiger partial charge on any atom is 0.138 e. The van der Waals surface area contributed by atoms with Crippen molar-refractivity contribution < 1.29 is 0 Å². The molecule has 1 aromatic carbocycles. The molecule has 2 aromatic rings. The average Bonchev–Trinajstić information content (AvgIpc) is 2.84. The molecule has 0 radical (unpaired) electrons. The van der Waals surface area contributed by atoms with Crippen LogP contribution in [0.1, 0.15) is 12.7 Å². The van der Waals surface area contributed by atoms with Crippen LogP contribution in [0, 0.1) is 0 Å². The van der Waals surface area contributed by atoms with Gasteiger partial charge in [-0.3, -0.25) is 4.68 Å². The van der Waals surface area contributed by atoms with Crippen LogP contribution >= 0.6 is 23.4 Å². The lowest BCUT2D eigenvalue weighted by Crippen LogP contribution is -2.27. The van der Waals surface area contributed by atoms with E-state index in [1.165, 1.54) is 0 Å². The van der Waals surface area contributed by atoms with Crippen molar-refractivity contribution in [2.24, 2.45) is 5.73 Å². The Morgan fingerprint density at radius 3 is 3.05 bits per heavy atom. The van der Waals surface area contributed by atoms with E-state index in [0.29, 0.717) is 0 Å². The normalized spacial score (nSPS) is 12.6. The molecular formula is C13H17ClN4S. The summed E-state index contributed by atoms with van der Waals surface area (Å²) in [6.45, 7) is 2.87. The number of nitrogens with two attached hydrogens (primary N) is 1. The van der Waals surface area contributed by atoms with Gasteiger partial charge >= 0.3 is 0 Å². The highest BCUT2D eigenvalue weighted by molar-refractivity contribution is 7.99. The molecule has 1 heterocycles. The predicted octanol–water partition coefficient (Wildman–Crippen LogP) is 2.61. The zero-order chi connectivity index (χ0) is 13.7. The van der Waals surface area contributed by atoms with Gasteiger partial charge in [-0.1, -0.05) is 17.7 Å². The molecule has 0 spiro atoms. The molecule has 0 aliphatic rings. The third kappa shape index (κ3) is 4.23. The molecule has 2 N–H and O–H groups in total. The number of thioether (sulfide) groups is 1. The molecule has 102 valence electrons. The lowest BCUT2D eigenvalue weighted by molar-refractivity contribution is 0.588. The highest BCUT2D eigenvalue weighted by Crippen LogP contribution is 2.22. The third-order valence-corrected chi connectivity index (χ3v) is 4.12. The van der Waals surface area contributed by atoms with E-state index in [0.717, 1.165) is 34.5 Å². The molecule has 0 saturated carbocycles. The molecule has 6 heteroatoms. The van der Waals surface area contributed by atoms with Crippen molar-refractivity contribution in [1.29, 1.82) is 0 Å². The summed E-state index contributed by atoms with van der Waals surface area (Å²) in [6.07, 6.45) is 2.32. The minimum Gasteiger partial charge on any atom is -0.327 e. The van der Waals surface area contributed by atoms with Gasteiger partial charge in [0.05, 0.1) is 0 Å². The summed E-state index contributed by atoms with van der Waals surface area (Å²) >= 11 is 7.66. The fourth-order valence-corrected chi connectivity index (χ4v) is 2.93. The lowest BCUT2D eigenvalue weighted by atomic mass is 10.2. The third-order valence-electron chi connectivity index (χ3n) is 2.70. The van der Waals surface area contributed by atoms with Gasteiger partial charge in [0, 0.05) is 34.7 Å². The van der Waals surface area contributed by atoms with E-state index >= 15 is 0 Å². The van der Waals surface area contributed by atoms with E-state index in [1.807, 2.05) is 35.9 Å². The van der Waals surface area contributed by atoms with Crippen molar-refractivity contribution in [3.8, 4) is 0 Å². The van der Waals surface area contributed by atoms with Crippen LogP contribution in [0.4, 0.5) is 0 Å². The van der Waals surface area contributed by atoms with Crippen molar-refractivity contribution in [3.05, 3.63) is 41.4 Å². The van der Waals surface area contributed by atoms with E-state index in [4.69, 9.17) is 17.3 Å². The monoisotopic (exact) mass is 296 g/mol. The maximum atomic E-state index is 6.14. The fourth-order valence-electron chi connectivity index (χ4n) is 1.76. The Bertz CT molecular complexity index is 529. The largest absolute Gasteiger partial charge is 0.327 e. The summed E-state index contributed by atoms with van der Waals surface area (Å²) in [5.74, 6) is 1.78. The summed E-state index contributed by atoms with van der Waals surface area (Å²) < 4.78 is 1.88. The number of hydrogen-bond donors (Lipinski definition) is 1. The number of hydrogen-bond acceptors (Lipinski definition) is 4.